The molecule has 1 N–H and O–H groups in total. The highest BCUT2D eigenvalue weighted by Crippen LogP contribution is 2.17. The number of nitrogens with zero attached hydrogens (tertiary/aromatic N) is 2. The largest absolute Gasteiger partial charge is 0.334 e. The van der Waals surface area contributed by atoms with Crippen LogP contribution in [0.5, 0.6) is 0 Å². The van der Waals surface area contributed by atoms with Gasteiger partial charge in [0.1, 0.15) is 0 Å². The molecule has 0 radical (unpaired) electrons. The molecule has 1 atom stereocenters. The Balaban J connectivity index is 2.04. The molecule has 0 spiro atoms. The summed E-state index contributed by atoms with van der Waals surface area (Å²) in [4.78, 5) is 18.9. The average Bonchev–Trinajstić information content (AvgIpc) is 2.46. The number of carbonyl (C=O) groups excluding carboxylic acids is 1. The molecule has 0 saturated carbocycles. The van der Waals surface area contributed by atoms with Crippen molar-refractivity contribution in [1.82, 2.24) is 15.2 Å². The Morgan fingerprint density at radius 2 is 2.37 bits per heavy atom. The molecule has 1 unspecified atom stereocenters. The zero-order valence-corrected chi connectivity index (χ0v) is 11.8. The molecule has 0 bridgehead atoms. The lowest BCUT2D eigenvalue weighted by Crippen LogP contribution is -2.45. The van der Waals surface area contributed by atoms with E-state index in [0.717, 1.165) is 31.6 Å². The fourth-order valence-electron chi connectivity index (χ4n) is 2.48. The molecule has 1 aliphatic rings. The van der Waals surface area contributed by atoms with Crippen molar-refractivity contribution < 1.29 is 4.79 Å². The first-order chi connectivity index (χ1) is 9.18. The quantitative estimate of drug-likeness (QED) is 0.899. The fraction of sp³-hybridized carbons (Fsp3) is 0.600. The normalized spacial score (nSPS) is 19.4. The average molecular weight is 261 g/mol. The maximum absolute atomic E-state index is 12.6. The van der Waals surface area contributed by atoms with Crippen LogP contribution in [0, 0.1) is 5.92 Å². The van der Waals surface area contributed by atoms with Crippen molar-refractivity contribution >= 4 is 5.91 Å². The van der Waals surface area contributed by atoms with Crippen molar-refractivity contribution in [1.29, 1.82) is 0 Å². The van der Waals surface area contributed by atoms with Crippen LogP contribution in [-0.2, 0) is 11.3 Å². The molecule has 1 amide bonds. The van der Waals surface area contributed by atoms with Crippen molar-refractivity contribution in [2.45, 2.75) is 39.3 Å². The minimum absolute atomic E-state index is 0.125. The summed E-state index contributed by atoms with van der Waals surface area (Å²) >= 11 is 0. The van der Waals surface area contributed by atoms with Crippen LogP contribution in [0.2, 0.25) is 0 Å². The van der Waals surface area contributed by atoms with E-state index in [-0.39, 0.29) is 17.9 Å². The van der Waals surface area contributed by atoms with E-state index in [1.807, 2.05) is 23.1 Å². The predicted octanol–water partition coefficient (Wildman–Crippen LogP) is 1.82. The molecule has 4 heteroatoms. The third kappa shape index (κ3) is 3.77. The summed E-state index contributed by atoms with van der Waals surface area (Å²) in [6.07, 6.45) is 3.86. The highest BCUT2D eigenvalue weighted by molar-refractivity contribution is 5.79. The van der Waals surface area contributed by atoms with Gasteiger partial charge in [-0.15, -0.1) is 0 Å². The summed E-state index contributed by atoms with van der Waals surface area (Å²) in [6.45, 7) is 6.58. The minimum Gasteiger partial charge on any atom is -0.334 e. The lowest BCUT2D eigenvalue weighted by atomic mass is 9.97. The summed E-state index contributed by atoms with van der Waals surface area (Å²) in [5.74, 6) is 0.382. The number of piperidine rings is 1. The smallest absolute Gasteiger partial charge is 0.227 e. The molecule has 104 valence electrons. The number of carbonyl (C=O) groups is 1. The van der Waals surface area contributed by atoms with Gasteiger partial charge in [0, 0.05) is 18.8 Å². The van der Waals surface area contributed by atoms with Crippen LogP contribution in [0.25, 0.3) is 0 Å². The fourth-order valence-corrected chi connectivity index (χ4v) is 2.48. The summed E-state index contributed by atoms with van der Waals surface area (Å²) in [5.41, 5.74) is 0.952. The van der Waals surface area contributed by atoms with Crippen molar-refractivity contribution in [2.24, 2.45) is 5.92 Å². The SMILES string of the molecule is CC(C)N(Cc1ccccn1)C(=O)C1CCCNC1. The second kappa shape index (κ2) is 6.66. The van der Waals surface area contributed by atoms with E-state index >= 15 is 0 Å². The molecule has 4 nitrogen and oxygen atoms in total. The summed E-state index contributed by atoms with van der Waals surface area (Å²) in [5, 5.41) is 3.31. The number of nitrogens with one attached hydrogen (secondary N) is 1. The number of aromatic nitrogens is 1. The lowest BCUT2D eigenvalue weighted by Gasteiger charge is -2.32. The molecule has 0 aromatic carbocycles. The Kier molecular flexibility index (Phi) is 4.91. The minimum atomic E-state index is 0.125. The molecular weight excluding hydrogens is 238 g/mol. The Morgan fingerprint density at radius 1 is 1.53 bits per heavy atom. The highest BCUT2D eigenvalue weighted by Gasteiger charge is 2.27. The van der Waals surface area contributed by atoms with E-state index in [2.05, 4.69) is 24.1 Å². The first kappa shape index (κ1) is 14.0. The first-order valence-corrected chi connectivity index (χ1v) is 7.09. The van der Waals surface area contributed by atoms with E-state index in [1.165, 1.54) is 0 Å². The number of hydrogen-bond acceptors (Lipinski definition) is 3. The zero-order valence-electron chi connectivity index (χ0n) is 11.8. The van der Waals surface area contributed by atoms with E-state index in [0.29, 0.717) is 6.54 Å². The molecule has 1 fully saturated rings. The third-order valence-corrected chi connectivity index (χ3v) is 3.61. The van der Waals surface area contributed by atoms with E-state index in [1.54, 1.807) is 6.20 Å². The first-order valence-electron chi connectivity index (χ1n) is 7.09. The van der Waals surface area contributed by atoms with Crippen molar-refractivity contribution in [3.05, 3.63) is 30.1 Å². The topological polar surface area (TPSA) is 45.2 Å². The molecule has 2 rings (SSSR count). The highest BCUT2D eigenvalue weighted by atomic mass is 16.2. The van der Waals surface area contributed by atoms with Gasteiger partial charge in [-0.1, -0.05) is 6.07 Å². The summed E-state index contributed by atoms with van der Waals surface area (Å²) in [7, 11) is 0. The molecular formula is C15H23N3O. The van der Waals surface area contributed by atoms with Gasteiger partial charge in [-0.05, 0) is 45.4 Å². The van der Waals surface area contributed by atoms with Crippen LogP contribution in [0.15, 0.2) is 24.4 Å². The van der Waals surface area contributed by atoms with Gasteiger partial charge in [0.05, 0.1) is 18.2 Å². The number of rotatable bonds is 4. The van der Waals surface area contributed by atoms with Gasteiger partial charge in [0.2, 0.25) is 5.91 Å². The van der Waals surface area contributed by atoms with Gasteiger partial charge < -0.3 is 10.2 Å². The molecule has 1 aromatic heterocycles. The Bertz CT molecular complexity index is 399. The number of pyridine rings is 1. The summed E-state index contributed by atoms with van der Waals surface area (Å²) < 4.78 is 0. The van der Waals surface area contributed by atoms with Crippen LogP contribution in [0.3, 0.4) is 0 Å². The Morgan fingerprint density at radius 3 is 2.95 bits per heavy atom. The predicted molar refractivity (Wildman–Crippen MR) is 75.5 cm³/mol. The van der Waals surface area contributed by atoms with E-state index < -0.39 is 0 Å². The lowest BCUT2D eigenvalue weighted by molar-refractivity contribution is -0.138. The Labute approximate surface area is 115 Å². The van der Waals surface area contributed by atoms with Crippen molar-refractivity contribution in [2.75, 3.05) is 13.1 Å². The molecule has 1 saturated heterocycles. The standard InChI is InChI=1S/C15H23N3O/c1-12(2)18(11-14-7-3-4-9-17-14)15(19)13-6-5-8-16-10-13/h3-4,7,9,12-13,16H,5-6,8,10-11H2,1-2H3. The van der Waals surface area contributed by atoms with Gasteiger partial charge in [0.25, 0.3) is 0 Å². The molecule has 1 aliphatic heterocycles. The van der Waals surface area contributed by atoms with E-state index in [4.69, 9.17) is 0 Å². The van der Waals surface area contributed by atoms with Crippen molar-refractivity contribution in [3.63, 3.8) is 0 Å². The zero-order chi connectivity index (χ0) is 13.7. The van der Waals surface area contributed by atoms with Crippen LogP contribution in [-0.4, -0.2) is 34.9 Å². The second-order valence-electron chi connectivity index (χ2n) is 5.42. The summed E-state index contributed by atoms with van der Waals surface area (Å²) in [6, 6.07) is 6.04. The molecule has 1 aromatic rings. The van der Waals surface area contributed by atoms with Gasteiger partial charge in [-0.3, -0.25) is 9.78 Å². The Hall–Kier alpha value is -1.42. The number of hydrogen-bond donors (Lipinski definition) is 1. The maximum atomic E-state index is 12.6. The van der Waals surface area contributed by atoms with Gasteiger partial charge in [0.15, 0.2) is 0 Å². The monoisotopic (exact) mass is 261 g/mol. The van der Waals surface area contributed by atoms with Gasteiger partial charge >= 0.3 is 0 Å². The van der Waals surface area contributed by atoms with Crippen LogP contribution >= 0.6 is 0 Å². The molecule has 0 aliphatic carbocycles. The molecule has 2 heterocycles. The van der Waals surface area contributed by atoms with Crippen LogP contribution in [0.1, 0.15) is 32.4 Å². The second-order valence-corrected chi connectivity index (χ2v) is 5.42. The van der Waals surface area contributed by atoms with Crippen LogP contribution < -0.4 is 5.32 Å². The van der Waals surface area contributed by atoms with Gasteiger partial charge in [-0.25, -0.2) is 0 Å². The van der Waals surface area contributed by atoms with Gasteiger partial charge in [-0.2, -0.15) is 0 Å². The van der Waals surface area contributed by atoms with Crippen molar-refractivity contribution in [3.8, 4) is 0 Å². The third-order valence-electron chi connectivity index (χ3n) is 3.61. The maximum Gasteiger partial charge on any atom is 0.227 e. The molecule has 19 heavy (non-hydrogen) atoms. The number of amides is 1. The van der Waals surface area contributed by atoms with E-state index in [9.17, 15) is 4.79 Å². The van der Waals surface area contributed by atoms with Crippen LogP contribution in [0.4, 0.5) is 0 Å².